The molecule has 1 atom stereocenters. The van der Waals surface area contributed by atoms with E-state index >= 15 is 0 Å². The fourth-order valence-corrected chi connectivity index (χ4v) is 0.500. The maximum absolute atomic E-state index is 3.63. The smallest absolute Gasteiger partial charge is 0.0267 e. The third-order valence-corrected chi connectivity index (χ3v) is 1.68. The third kappa shape index (κ3) is 30.0. The Hall–Kier alpha value is -0.520. The van der Waals surface area contributed by atoms with E-state index in [1.807, 2.05) is 6.08 Å². The topological polar surface area (TPSA) is 0 Å². The van der Waals surface area contributed by atoms with Gasteiger partial charge in [-0.25, -0.2) is 0 Å². The SMILES string of the molecule is C.C.C=CC(C)CC.CCC=CCC. The van der Waals surface area contributed by atoms with E-state index in [2.05, 4.69) is 46.4 Å². The molecule has 0 heteroatoms. The van der Waals surface area contributed by atoms with Gasteiger partial charge in [0, 0.05) is 0 Å². The van der Waals surface area contributed by atoms with Crippen LogP contribution in [0.3, 0.4) is 0 Å². The molecule has 0 amide bonds. The van der Waals surface area contributed by atoms with Crippen molar-refractivity contribution in [2.75, 3.05) is 0 Å². The van der Waals surface area contributed by atoms with Crippen molar-refractivity contribution < 1.29 is 0 Å². The molecule has 88 valence electrons. The molecule has 0 spiro atoms. The van der Waals surface area contributed by atoms with E-state index in [0.29, 0.717) is 5.92 Å². The highest BCUT2D eigenvalue weighted by molar-refractivity contribution is 4.77. The molecule has 0 fully saturated rings. The zero-order chi connectivity index (χ0) is 9.82. The molecular weight excluding hydrogens is 168 g/mol. The molecule has 0 rings (SSSR count). The minimum Gasteiger partial charge on any atom is -0.103 e. The van der Waals surface area contributed by atoms with Gasteiger partial charge in [0.1, 0.15) is 0 Å². The minimum atomic E-state index is 0. The summed E-state index contributed by atoms with van der Waals surface area (Å²) in [5.41, 5.74) is 0. The molecule has 0 aliphatic heterocycles. The van der Waals surface area contributed by atoms with E-state index < -0.39 is 0 Å². The second-order valence-electron chi connectivity index (χ2n) is 2.91. The minimum absolute atomic E-state index is 0. The molecule has 14 heavy (non-hydrogen) atoms. The number of rotatable bonds is 4. The Bertz CT molecular complexity index is 94.6. The van der Waals surface area contributed by atoms with Crippen LogP contribution in [-0.4, -0.2) is 0 Å². The van der Waals surface area contributed by atoms with E-state index in [9.17, 15) is 0 Å². The zero-order valence-corrected chi connectivity index (χ0v) is 9.14. The number of allylic oxidation sites excluding steroid dienone is 3. The normalized spacial score (nSPS) is 10.3. The number of hydrogen-bond acceptors (Lipinski definition) is 0. The van der Waals surface area contributed by atoms with Crippen molar-refractivity contribution in [2.24, 2.45) is 5.92 Å². The van der Waals surface area contributed by atoms with Crippen LogP contribution in [-0.2, 0) is 0 Å². The molecule has 0 N–H and O–H groups in total. The van der Waals surface area contributed by atoms with E-state index in [1.165, 1.54) is 19.3 Å². The fourth-order valence-electron chi connectivity index (χ4n) is 0.500. The van der Waals surface area contributed by atoms with Gasteiger partial charge in [0.25, 0.3) is 0 Å². The van der Waals surface area contributed by atoms with Crippen LogP contribution in [0, 0.1) is 5.92 Å². The monoisotopic (exact) mass is 200 g/mol. The van der Waals surface area contributed by atoms with Gasteiger partial charge in [-0.2, -0.15) is 0 Å². The molecule has 0 heterocycles. The third-order valence-electron chi connectivity index (χ3n) is 1.68. The first-order valence-corrected chi connectivity index (χ1v) is 5.00. The highest BCUT2D eigenvalue weighted by Gasteiger charge is 1.84. The summed E-state index contributed by atoms with van der Waals surface area (Å²) in [5, 5.41) is 0. The highest BCUT2D eigenvalue weighted by atomic mass is 13.9. The van der Waals surface area contributed by atoms with Crippen LogP contribution in [0.15, 0.2) is 24.8 Å². The maximum Gasteiger partial charge on any atom is -0.0267 e. The number of hydrogen-bond donors (Lipinski definition) is 0. The summed E-state index contributed by atoms with van der Waals surface area (Å²) in [7, 11) is 0. The van der Waals surface area contributed by atoms with Crippen molar-refractivity contribution in [3.63, 3.8) is 0 Å². The lowest BCUT2D eigenvalue weighted by atomic mass is 10.1. The molecule has 0 saturated carbocycles. The van der Waals surface area contributed by atoms with Crippen LogP contribution < -0.4 is 0 Å². The largest absolute Gasteiger partial charge is 0.103 e. The summed E-state index contributed by atoms with van der Waals surface area (Å²) in [6, 6.07) is 0. The van der Waals surface area contributed by atoms with E-state index in [4.69, 9.17) is 0 Å². The van der Waals surface area contributed by atoms with E-state index in [1.54, 1.807) is 0 Å². The quantitative estimate of drug-likeness (QED) is 0.499. The first-order chi connectivity index (χ1) is 5.72. The van der Waals surface area contributed by atoms with Crippen molar-refractivity contribution in [2.45, 2.75) is 61.8 Å². The van der Waals surface area contributed by atoms with Crippen LogP contribution in [0.4, 0.5) is 0 Å². The van der Waals surface area contributed by atoms with Gasteiger partial charge in [-0.1, -0.05) is 67.2 Å². The van der Waals surface area contributed by atoms with Crippen molar-refractivity contribution in [3.8, 4) is 0 Å². The Morgan fingerprint density at radius 2 is 1.36 bits per heavy atom. The average molecular weight is 200 g/mol. The molecule has 0 aliphatic rings. The van der Waals surface area contributed by atoms with Gasteiger partial charge in [0.15, 0.2) is 0 Å². The van der Waals surface area contributed by atoms with E-state index in [-0.39, 0.29) is 14.9 Å². The second-order valence-corrected chi connectivity index (χ2v) is 2.91. The summed E-state index contributed by atoms with van der Waals surface area (Å²) in [6.45, 7) is 12.2. The molecule has 0 bridgehead atoms. The fraction of sp³-hybridized carbons (Fsp3) is 0.714. The molecule has 0 aromatic heterocycles. The Morgan fingerprint density at radius 1 is 1.00 bits per heavy atom. The van der Waals surface area contributed by atoms with E-state index in [0.717, 1.165) is 0 Å². The summed E-state index contributed by atoms with van der Waals surface area (Å²) in [5.74, 6) is 0.699. The Kier molecular flexibility index (Phi) is 38.2. The van der Waals surface area contributed by atoms with Crippen molar-refractivity contribution in [1.82, 2.24) is 0 Å². The molecule has 1 unspecified atom stereocenters. The van der Waals surface area contributed by atoms with Crippen LogP contribution in [0.25, 0.3) is 0 Å². The van der Waals surface area contributed by atoms with Crippen LogP contribution in [0.2, 0.25) is 0 Å². The molecule has 0 saturated heterocycles. The lowest BCUT2D eigenvalue weighted by molar-refractivity contribution is 0.700. The van der Waals surface area contributed by atoms with Crippen LogP contribution in [0.5, 0.6) is 0 Å². The standard InChI is InChI=1S/2C6H12.2CH4/c1-4-6(3)5-2;1-3-5-6-4-2;;/h4,6H,1,5H2,2-3H3;5-6H,3-4H2,1-2H3;2*1H4. The lowest BCUT2D eigenvalue weighted by Crippen LogP contribution is -1.80. The highest BCUT2D eigenvalue weighted by Crippen LogP contribution is 1.98. The lowest BCUT2D eigenvalue weighted by Gasteiger charge is -1.93. The molecule has 0 aromatic rings. The molecular formula is C14H32. The van der Waals surface area contributed by atoms with Gasteiger partial charge in [-0.05, 0) is 18.8 Å². The predicted octanol–water partition coefficient (Wildman–Crippen LogP) is 5.85. The summed E-state index contributed by atoms with van der Waals surface area (Å²) in [6.07, 6.45) is 9.89. The first-order valence-electron chi connectivity index (χ1n) is 5.00. The summed E-state index contributed by atoms with van der Waals surface area (Å²) >= 11 is 0. The Labute approximate surface area is 93.1 Å². The Balaban J connectivity index is -0.0000000625. The van der Waals surface area contributed by atoms with Crippen molar-refractivity contribution in [1.29, 1.82) is 0 Å². The summed E-state index contributed by atoms with van der Waals surface area (Å²) in [4.78, 5) is 0. The van der Waals surface area contributed by atoms with Crippen molar-refractivity contribution >= 4 is 0 Å². The van der Waals surface area contributed by atoms with Gasteiger partial charge in [-0.15, -0.1) is 6.58 Å². The van der Waals surface area contributed by atoms with Gasteiger partial charge in [0.05, 0.1) is 0 Å². The maximum atomic E-state index is 3.63. The van der Waals surface area contributed by atoms with Crippen LogP contribution >= 0.6 is 0 Å². The van der Waals surface area contributed by atoms with Gasteiger partial charge in [0.2, 0.25) is 0 Å². The molecule has 0 nitrogen and oxygen atoms in total. The average Bonchev–Trinajstić information content (AvgIpc) is 2.14. The van der Waals surface area contributed by atoms with Gasteiger partial charge < -0.3 is 0 Å². The van der Waals surface area contributed by atoms with Crippen molar-refractivity contribution in [3.05, 3.63) is 24.8 Å². The zero-order valence-electron chi connectivity index (χ0n) is 9.14. The van der Waals surface area contributed by atoms with Gasteiger partial charge in [-0.3, -0.25) is 0 Å². The molecule has 0 aliphatic carbocycles. The Morgan fingerprint density at radius 3 is 1.43 bits per heavy atom. The molecule has 0 aromatic carbocycles. The summed E-state index contributed by atoms with van der Waals surface area (Å²) < 4.78 is 0. The van der Waals surface area contributed by atoms with Crippen LogP contribution in [0.1, 0.15) is 61.8 Å². The second kappa shape index (κ2) is 22.9. The predicted molar refractivity (Wildman–Crippen MR) is 72.8 cm³/mol. The molecule has 0 radical (unpaired) electrons. The first kappa shape index (κ1) is 23.4. The van der Waals surface area contributed by atoms with Gasteiger partial charge >= 0.3 is 0 Å².